The SMILES string of the molecule is [2H]c1c([2H])c([2H])c(-n2c3ccccc3c3ccc(-n4c5c([2H])c([2H])c([2H])c([2H])c5c5c([2H])c(-c6c([2H])c([2H])c7c(c6[2H])c6c([2H])c([2H])c([2H])c([2H])c6n7-c6ccccc6)c([2H])c([2H])c54)cc32)c([2H])c1[2H]. The highest BCUT2D eigenvalue weighted by Crippen LogP contribution is 2.40. The molecule has 0 aliphatic heterocycles. The molecule has 0 N–H and O–H groups in total. The maximum atomic E-state index is 9.91. The van der Waals surface area contributed by atoms with E-state index in [2.05, 4.69) is 0 Å². The minimum Gasteiger partial charge on any atom is -0.309 e. The average molecular weight is 669 g/mol. The minimum absolute atomic E-state index is 0.0822. The summed E-state index contributed by atoms with van der Waals surface area (Å²) < 4.78 is 176. The Bertz CT molecular complexity index is 4200. The second kappa shape index (κ2) is 10.8. The van der Waals surface area contributed by atoms with Crippen LogP contribution >= 0.6 is 0 Å². The molecule has 0 amide bonds. The number of rotatable bonds is 4. The lowest BCUT2D eigenvalue weighted by molar-refractivity contribution is 1.15. The quantitative estimate of drug-likeness (QED) is 0.177. The first-order chi connectivity index (χ1) is 33.2. The molecule has 3 heterocycles. The van der Waals surface area contributed by atoms with Gasteiger partial charge in [0.05, 0.1) is 59.1 Å². The van der Waals surface area contributed by atoms with Crippen LogP contribution in [0.25, 0.3) is 93.6 Å². The molecule has 0 atom stereocenters. The molecule has 0 radical (unpaired) electrons. The Balaban J connectivity index is 1.29. The van der Waals surface area contributed by atoms with Gasteiger partial charge < -0.3 is 13.7 Å². The van der Waals surface area contributed by atoms with E-state index in [1.54, 1.807) is 72.8 Å². The smallest absolute Gasteiger partial charge is 0.0645 e. The fourth-order valence-corrected chi connectivity index (χ4v) is 7.07. The Kier molecular flexibility index (Phi) is 3.26. The molecule has 3 aromatic heterocycles. The van der Waals surface area contributed by atoms with E-state index in [1.807, 2.05) is 0 Å². The van der Waals surface area contributed by atoms with E-state index in [-0.39, 0.29) is 55.0 Å². The number of fused-ring (bicyclic) bond motifs is 9. The predicted octanol–water partition coefficient (Wildman–Crippen LogP) is 12.6. The average Bonchev–Trinajstić information content (AvgIpc) is 4.02. The van der Waals surface area contributed by atoms with E-state index in [1.165, 1.54) is 13.7 Å². The van der Waals surface area contributed by atoms with Gasteiger partial charge >= 0.3 is 0 Å². The first-order valence-electron chi connectivity index (χ1n) is 25.5. The molecule has 0 bridgehead atoms. The molecule has 238 valence electrons. The van der Waals surface area contributed by atoms with E-state index >= 15 is 0 Å². The molecular weight excluding hydrogens is 619 g/mol. The Morgan fingerprint density at radius 3 is 1.53 bits per heavy atom. The summed E-state index contributed by atoms with van der Waals surface area (Å²) >= 11 is 0. The fourth-order valence-electron chi connectivity index (χ4n) is 7.07. The Hall–Kier alpha value is -6.84. The van der Waals surface area contributed by atoms with Crippen molar-refractivity contribution in [2.45, 2.75) is 0 Å². The predicted molar refractivity (Wildman–Crippen MR) is 215 cm³/mol. The normalized spacial score (nSPS) is 17.1. The lowest BCUT2D eigenvalue weighted by atomic mass is 10.0. The first-order valence-corrected chi connectivity index (χ1v) is 16.0. The number of para-hydroxylation sites is 5. The second-order valence-electron chi connectivity index (χ2n) is 11.9. The van der Waals surface area contributed by atoms with Crippen molar-refractivity contribution in [3.8, 4) is 28.2 Å². The highest BCUT2D eigenvalue weighted by atomic mass is 15.0. The minimum atomic E-state index is -0.722. The lowest BCUT2D eigenvalue weighted by Crippen LogP contribution is -1.96. The molecule has 0 fully saturated rings. The number of aromatic nitrogens is 3. The van der Waals surface area contributed by atoms with Gasteiger partial charge in [-0.05, 0) is 89.8 Å². The molecule has 0 saturated heterocycles. The largest absolute Gasteiger partial charge is 0.309 e. The van der Waals surface area contributed by atoms with Crippen LogP contribution in [0, 0.1) is 0 Å². The van der Waals surface area contributed by atoms with E-state index in [0.29, 0.717) is 27.5 Å². The zero-order valence-electron chi connectivity index (χ0n) is 45.3. The van der Waals surface area contributed by atoms with Gasteiger partial charge in [0.25, 0.3) is 0 Å². The van der Waals surface area contributed by atoms with Gasteiger partial charge in [0.2, 0.25) is 0 Å². The van der Waals surface area contributed by atoms with E-state index in [0.717, 1.165) is 0 Å². The van der Waals surface area contributed by atoms with E-state index in [9.17, 15) is 11.0 Å². The van der Waals surface area contributed by atoms with Gasteiger partial charge in [0.1, 0.15) is 0 Å². The van der Waals surface area contributed by atoms with Crippen molar-refractivity contribution in [3.63, 3.8) is 0 Å². The summed E-state index contributed by atoms with van der Waals surface area (Å²) in [6.07, 6.45) is 0. The zero-order valence-corrected chi connectivity index (χ0v) is 26.3. The van der Waals surface area contributed by atoms with Gasteiger partial charge in [-0.3, -0.25) is 0 Å². The monoisotopic (exact) mass is 668 g/mol. The molecule has 11 rings (SSSR count). The summed E-state index contributed by atoms with van der Waals surface area (Å²) in [6.45, 7) is 0. The van der Waals surface area contributed by atoms with Gasteiger partial charge in [-0.2, -0.15) is 0 Å². The number of nitrogens with zero attached hydrogens (tertiary/aromatic N) is 3. The second-order valence-corrected chi connectivity index (χ2v) is 11.9. The third kappa shape index (κ3) is 4.12. The summed E-state index contributed by atoms with van der Waals surface area (Å²) in [6, 6.07) is 8.85. The topological polar surface area (TPSA) is 14.8 Å². The van der Waals surface area contributed by atoms with Crippen LogP contribution in [0.2, 0.25) is 0 Å². The molecule has 0 unspecified atom stereocenters. The van der Waals surface area contributed by atoms with E-state index < -0.39 is 126 Å². The van der Waals surface area contributed by atoms with Crippen molar-refractivity contribution in [2.75, 3.05) is 0 Å². The van der Waals surface area contributed by atoms with Crippen LogP contribution in [0.1, 0.15) is 26.0 Å². The molecule has 0 saturated carbocycles. The summed E-state index contributed by atoms with van der Waals surface area (Å²) in [7, 11) is 0. The molecule has 3 nitrogen and oxygen atoms in total. The third-order valence-corrected chi connectivity index (χ3v) is 9.21. The Morgan fingerprint density at radius 2 is 0.843 bits per heavy atom. The van der Waals surface area contributed by atoms with Crippen molar-refractivity contribution in [3.05, 3.63) is 188 Å². The lowest BCUT2D eigenvalue weighted by Gasteiger charge is -2.11. The van der Waals surface area contributed by atoms with Crippen LogP contribution in [0.15, 0.2) is 188 Å². The van der Waals surface area contributed by atoms with Gasteiger partial charge in [0, 0.05) is 49.4 Å². The Labute approximate surface area is 321 Å². The number of benzene rings is 8. The summed E-state index contributed by atoms with van der Waals surface area (Å²) in [4.78, 5) is 0. The first kappa shape index (κ1) is 15.4. The molecule has 0 aliphatic rings. The van der Waals surface area contributed by atoms with Gasteiger partial charge in [-0.15, -0.1) is 0 Å². The molecular formula is C48H31N3. The van der Waals surface area contributed by atoms with Crippen molar-refractivity contribution >= 4 is 65.4 Å². The van der Waals surface area contributed by atoms with Crippen molar-refractivity contribution in [2.24, 2.45) is 0 Å². The number of hydrogen-bond acceptors (Lipinski definition) is 0. The number of hydrogen-bond donors (Lipinski definition) is 0. The van der Waals surface area contributed by atoms with Gasteiger partial charge in [-0.1, -0.05) is 109 Å². The molecule has 0 spiro atoms. The van der Waals surface area contributed by atoms with Crippen LogP contribution in [0.5, 0.6) is 0 Å². The van der Waals surface area contributed by atoms with Crippen LogP contribution in [-0.2, 0) is 0 Å². The van der Waals surface area contributed by atoms with Crippen molar-refractivity contribution < 1.29 is 26.0 Å². The van der Waals surface area contributed by atoms with Crippen LogP contribution < -0.4 is 0 Å². The highest BCUT2D eigenvalue weighted by molar-refractivity contribution is 6.14. The molecule has 51 heavy (non-hydrogen) atoms. The molecule has 8 aromatic carbocycles. The van der Waals surface area contributed by atoms with Gasteiger partial charge in [0.15, 0.2) is 0 Å². The highest BCUT2D eigenvalue weighted by Gasteiger charge is 2.18. The maximum Gasteiger partial charge on any atom is 0.0645 e. The standard InChI is InChI=1S/C48H31N3/c1-3-13-34(14-4-1)49-44-21-11-8-18-38(44)41-29-32(23-27-46(41)49)33-24-28-47-42(30-33)39-19-9-12-22-45(39)51(47)36-25-26-40-37-17-7-10-20-43(37)50(48(40)31-36)35-15-5-2-6-16-35/h1-31H/i2D,5D,6D,8D,9D,11D,12D,15D,16D,18D,19D,21D,22D,23D,24D,27D,28D,29D,30D. The van der Waals surface area contributed by atoms with Gasteiger partial charge in [-0.25, -0.2) is 0 Å². The Morgan fingerprint density at radius 1 is 0.314 bits per heavy atom. The molecule has 11 aromatic rings. The van der Waals surface area contributed by atoms with Crippen LogP contribution in [0.3, 0.4) is 0 Å². The van der Waals surface area contributed by atoms with Crippen molar-refractivity contribution in [1.29, 1.82) is 0 Å². The molecule has 0 aliphatic carbocycles. The van der Waals surface area contributed by atoms with Crippen LogP contribution in [0.4, 0.5) is 0 Å². The maximum absolute atomic E-state index is 9.91. The van der Waals surface area contributed by atoms with Crippen LogP contribution in [-0.4, -0.2) is 13.7 Å². The summed E-state index contributed by atoms with van der Waals surface area (Å²) in [5.74, 6) is 0. The zero-order chi connectivity index (χ0) is 50.0. The summed E-state index contributed by atoms with van der Waals surface area (Å²) in [5, 5.41) is 0.362. The fraction of sp³-hybridized carbons (Fsp3) is 0. The third-order valence-electron chi connectivity index (χ3n) is 9.21. The summed E-state index contributed by atoms with van der Waals surface area (Å²) in [5.41, 5.74) is -0.539. The van der Waals surface area contributed by atoms with Crippen molar-refractivity contribution in [1.82, 2.24) is 13.7 Å². The van der Waals surface area contributed by atoms with E-state index in [4.69, 9.17) is 15.1 Å². The molecule has 3 heteroatoms.